The summed E-state index contributed by atoms with van der Waals surface area (Å²) in [5.74, 6) is 0.0116. The summed E-state index contributed by atoms with van der Waals surface area (Å²) in [7, 11) is 0. The Morgan fingerprint density at radius 3 is 3.00 bits per heavy atom. The van der Waals surface area contributed by atoms with Crippen molar-refractivity contribution in [3.8, 4) is 0 Å². The molecule has 0 aliphatic carbocycles. The van der Waals surface area contributed by atoms with Crippen molar-refractivity contribution in [3.63, 3.8) is 0 Å². The summed E-state index contributed by atoms with van der Waals surface area (Å²) >= 11 is 0. The lowest BCUT2D eigenvalue weighted by molar-refractivity contribution is 0.0966. The summed E-state index contributed by atoms with van der Waals surface area (Å²) in [6.45, 7) is 2.55. The third kappa shape index (κ3) is 1.21. The van der Waals surface area contributed by atoms with E-state index in [2.05, 4.69) is 5.32 Å². The van der Waals surface area contributed by atoms with Crippen molar-refractivity contribution in [2.75, 3.05) is 0 Å². The minimum absolute atomic E-state index is 0.0114. The zero-order valence-corrected chi connectivity index (χ0v) is 7.50. The second-order valence-corrected chi connectivity index (χ2v) is 3.34. The van der Waals surface area contributed by atoms with Crippen LogP contribution in [0.4, 0.5) is 0 Å². The van der Waals surface area contributed by atoms with Gasteiger partial charge < -0.3 is 11.1 Å². The van der Waals surface area contributed by atoms with Gasteiger partial charge in [0.15, 0.2) is 0 Å². The molecule has 0 radical (unpaired) electrons. The number of rotatable bonds is 1. The highest BCUT2D eigenvalue weighted by atomic mass is 16.1. The molecule has 1 amide bonds. The molecular formula is C10H12N2O. The quantitative estimate of drug-likeness (QED) is 0.669. The third-order valence-electron chi connectivity index (χ3n) is 2.37. The van der Waals surface area contributed by atoms with Gasteiger partial charge in [-0.15, -0.1) is 0 Å². The third-order valence-corrected chi connectivity index (χ3v) is 2.37. The molecule has 0 saturated heterocycles. The molecule has 0 aromatic heterocycles. The molecule has 3 nitrogen and oxygen atoms in total. The number of fused-ring (bicyclic) bond motifs is 1. The van der Waals surface area contributed by atoms with E-state index in [1.54, 1.807) is 0 Å². The number of carbonyl (C=O) groups is 1. The molecule has 2 rings (SSSR count). The average Bonchev–Trinajstić information content (AvgIpc) is 2.48. The Kier molecular flexibility index (Phi) is 1.81. The summed E-state index contributed by atoms with van der Waals surface area (Å²) in [5, 5.41) is 2.79. The molecule has 0 bridgehead atoms. The molecule has 0 saturated carbocycles. The molecule has 1 atom stereocenters. The zero-order valence-electron chi connectivity index (χ0n) is 7.50. The standard InChI is InChI=1S/C10H12N2O/c1-6(11)7-3-2-4-8-9(7)5-12-10(8)13/h2-4,6H,5,11H2,1H3,(H,12,13). The van der Waals surface area contributed by atoms with Gasteiger partial charge in [-0.2, -0.15) is 0 Å². The summed E-state index contributed by atoms with van der Waals surface area (Å²) in [6, 6.07) is 5.68. The van der Waals surface area contributed by atoms with Crippen LogP contribution in [0.15, 0.2) is 18.2 Å². The lowest BCUT2D eigenvalue weighted by atomic mass is 9.99. The van der Waals surface area contributed by atoms with Gasteiger partial charge in [0.2, 0.25) is 0 Å². The number of amides is 1. The van der Waals surface area contributed by atoms with Crippen LogP contribution in [-0.4, -0.2) is 5.91 Å². The first-order chi connectivity index (χ1) is 6.20. The van der Waals surface area contributed by atoms with E-state index in [-0.39, 0.29) is 11.9 Å². The van der Waals surface area contributed by atoms with E-state index < -0.39 is 0 Å². The predicted octanol–water partition coefficient (Wildman–Crippen LogP) is 0.950. The van der Waals surface area contributed by atoms with E-state index in [4.69, 9.17) is 5.73 Å². The Morgan fingerprint density at radius 2 is 2.31 bits per heavy atom. The molecule has 0 fully saturated rings. The van der Waals surface area contributed by atoms with Crippen LogP contribution in [0.5, 0.6) is 0 Å². The first kappa shape index (κ1) is 8.26. The summed E-state index contributed by atoms with van der Waals surface area (Å²) in [4.78, 5) is 11.3. The van der Waals surface area contributed by atoms with Crippen molar-refractivity contribution < 1.29 is 4.79 Å². The van der Waals surface area contributed by atoms with Gasteiger partial charge >= 0.3 is 0 Å². The van der Waals surface area contributed by atoms with Crippen LogP contribution in [0.2, 0.25) is 0 Å². The monoisotopic (exact) mass is 176 g/mol. The van der Waals surface area contributed by atoms with Crippen LogP contribution >= 0.6 is 0 Å². The fraction of sp³-hybridized carbons (Fsp3) is 0.300. The van der Waals surface area contributed by atoms with Crippen LogP contribution in [0.1, 0.15) is 34.5 Å². The molecule has 1 aliphatic rings. The fourth-order valence-corrected chi connectivity index (χ4v) is 1.71. The van der Waals surface area contributed by atoms with Crippen LogP contribution in [0, 0.1) is 0 Å². The van der Waals surface area contributed by atoms with Crippen molar-refractivity contribution in [3.05, 3.63) is 34.9 Å². The van der Waals surface area contributed by atoms with Gasteiger partial charge in [-0.1, -0.05) is 12.1 Å². The second-order valence-electron chi connectivity index (χ2n) is 3.34. The molecular weight excluding hydrogens is 164 g/mol. The van der Waals surface area contributed by atoms with Gasteiger partial charge in [0.25, 0.3) is 5.91 Å². The maximum absolute atomic E-state index is 11.3. The Hall–Kier alpha value is -1.35. The number of hydrogen-bond donors (Lipinski definition) is 2. The van der Waals surface area contributed by atoms with Crippen LogP contribution in [0.3, 0.4) is 0 Å². The van der Waals surface area contributed by atoms with Gasteiger partial charge in [0, 0.05) is 18.2 Å². The van der Waals surface area contributed by atoms with E-state index >= 15 is 0 Å². The average molecular weight is 176 g/mol. The highest BCUT2D eigenvalue weighted by molar-refractivity contribution is 5.98. The SMILES string of the molecule is CC(N)c1cccc2c1CNC2=O. The number of hydrogen-bond acceptors (Lipinski definition) is 2. The van der Waals surface area contributed by atoms with Crippen LogP contribution in [-0.2, 0) is 6.54 Å². The Morgan fingerprint density at radius 1 is 1.54 bits per heavy atom. The van der Waals surface area contributed by atoms with Gasteiger partial charge in [-0.3, -0.25) is 4.79 Å². The number of nitrogens with two attached hydrogens (primary N) is 1. The highest BCUT2D eigenvalue weighted by Crippen LogP contribution is 2.23. The Bertz CT molecular complexity index is 358. The minimum atomic E-state index is -0.0114. The Labute approximate surface area is 76.9 Å². The first-order valence-corrected chi connectivity index (χ1v) is 4.35. The molecule has 1 heterocycles. The first-order valence-electron chi connectivity index (χ1n) is 4.35. The van der Waals surface area contributed by atoms with E-state index in [0.717, 1.165) is 16.7 Å². The molecule has 68 valence electrons. The molecule has 1 unspecified atom stereocenters. The zero-order chi connectivity index (χ0) is 9.42. The molecule has 1 aromatic rings. The molecule has 3 N–H and O–H groups in total. The predicted molar refractivity (Wildman–Crippen MR) is 50.2 cm³/mol. The molecule has 1 aromatic carbocycles. The lowest BCUT2D eigenvalue weighted by Gasteiger charge is -2.09. The lowest BCUT2D eigenvalue weighted by Crippen LogP contribution is -2.12. The van der Waals surface area contributed by atoms with Gasteiger partial charge in [-0.05, 0) is 24.1 Å². The van der Waals surface area contributed by atoms with Gasteiger partial charge in [0.05, 0.1) is 0 Å². The summed E-state index contributed by atoms with van der Waals surface area (Å²) < 4.78 is 0. The summed E-state index contributed by atoms with van der Waals surface area (Å²) in [5.41, 5.74) is 8.69. The normalized spacial score (nSPS) is 16.6. The smallest absolute Gasteiger partial charge is 0.251 e. The van der Waals surface area contributed by atoms with Gasteiger partial charge in [-0.25, -0.2) is 0 Å². The maximum atomic E-state index is 11.3. The largest absolute Gasteiger partial charge is 0.348 e. The molecule has 3 heteroatoms. The van der Waals surface area contributed by atoms with Crippen molar-refractivity contribution in [2.45, 2.75) is 19.5 Å². The molecule has 0 spiro atoms. The van der Waals surface area contributed by atoms with Crippen molar-refractivity contribution >= 4 is 5.91 Å². The van der Waals surface area contributed by atoms with E-state index in [9.17, 15) is 4.79 Å². The van der Waals surface area contributed by atoms with Crippen LogP contribution in [0.25, 0.3) is 0 Å². The van der Waals surface area contributed by atoms with E-state index in [0.29, 0.717) is 6.54 Å². The van der Waals surface area contributed by atoms with Gasteiger partial charge in [0.1, 0.15) is 0 Å². The molecule has 13 heavy (non-hydrogen) atoms. The minimum Gasteiger partial charge on any atom is -0.348 e. The second kappa shape index (κ2) is 2.85. The van der Waals surface area contributed by atoms with Crippen molar-refractivity contribution in [1.82, 2.24) is 5.32 Å². The van der Waals surface area contributed by atoms with Crippen molar-refractivity contribution in [1.29, 1.82) is 0 Å². The topological polar surface area (TPSA) is 55.1 Å². The Balaban J connectivity index is 2.57. The van der Waals surface area contributed by atoms with Crippen LogP contribution < -0.4 is 11.1 Å². The van der Waals surface area contributed by atoms with Crippen molar-refractivity contribution in [2.24, 2.45) is 5.73 Å². The number of carbonyl (C=O) groups excluding carboxylic acids is 1. The number of nitrogens with one attached hydrogen (secondary N) is 1. The maximum Gasteiger partial charge on any atom is 0.251 e. The number of benzene rings is 1. The fourth-order valence-electron chi connectivity index (χ4n) is 1.71. The molecule has 1 aliphatic heterocycles. The highest BCUT2D eigenvalue weighted by Gasteiger charge is 2.21. The van der Waals surface area contributed by atoms with E-state index in [1.165, 1.54) is 0 Å². The summed E-state index contributed by atoms with van der Waals surface area (Å²) in [6.07, 6.45) is 0. The van der Waals surface area contributed by atoms with E-state index in [1.807, 2.05) is 25.1 Å².